The largest absolute Gasteiger partial charge is 0.481 e. The molecule has 15 heavy (non-hydrogen) atoms. The summed E-state index contributed by atoms with van der Waals surface area (Å²) in [7, 11) is 0. The number of amides is 1. The van der Waals surface area contributed by atoms with Crippen molar-refractivity contribution in [2.45, 2.75) is 25.9 Å². The molecule has 1 heterocycles. The highest BCUT2D eigenvalue weighted by Gasteiger charge is 2.17. The van der Waals surface area contributed by atoms with E-state index in [0.29, 0.717) is 18.6 Å². The highest BCUT2D eigenvalue weighted by molar-refractivity contribution is 5.68. The van der Waals surface area contributed by atoms with Crippen LogP contribution in [0.25, 0.3) is 0 Å². The van der Waals surface area contributed by atoms with Crippen LogP contribution in [-0.2, 0) is 16.1 Å². The van der Waals surface area contributed by atoms with E-state index in [-0.39, 0.29) is 6.42 Å². The molecule has 1 atom stereocenters. The van der Waals surface area contributed by atoms with Gasteiger partial charge in [-0.15, -0.1) is 0 Å². The molecule has 0 aliphatic heterocycles. The van der Waals surface area contributed by atoms with E-state index >= 15 is 0 Å². The summed E-state index contributed by atoms with van der Waals surface area (Å²) in [6, 6.07) is 1.18. The van der Waals surface area contributed by atoms with Crippen LogP contribution in [0.3, 0.4) is 0 Å². The number of hydrogen-bond acceptors (Lipinski definition) is 3. The molecule has 0 aliphatic carbocycles. The summed E-state index contributed by atoms with van der Waals surface area (Å²) < 4.78 is 1.66. The summed E-state index contributed by atoms with van der Waals surface area (Å²) >= 11 is 0. The van der Waals surface area contributed by atoms with Gasteiger partial charge in [-0.05, 0) is 13.0 Å². The van der Waals surface area contributed by atoms with Crippen molar-refractivity contribution in [1.82, 2.24) is 15.1 Å². The number of carbonyl (C=O) groups excluding carboxylic acids is 1. The van der Waals surface area contributed by atoms with Gasteiger partial charge in [0.2, 0.25) is 6.41 Å². The molecule has 1 amide bonds. The van der Waals surface area contributed by atoms with Gasteiger partial charge in [0.1, 0.15) is 0 Å². The Balaban J connectivity index is 2.87. The van der Waals surface area contributed by atoms with Crippen LogP contribution in [0.4, 0.5) is 0 Å². The van der Waals surface area contributed by atoms with Gasteiger partial charge in [-0.1, -0.05) is 0 Å². The lowest BCUT2D eigenvalue weighted by molar-refractivity contribution is -0.137. The zero-order chi connectivity index (χ0) is 11.3. The van der Waals surface area contributed by atoms with Gasteiger partial charge in [-0.2, -0.15) is 5.10 Å². The maximum atomic E-state index is 10.6. The highest BCUT2D eigenvalue weighted by Crippen LogP contribution is 2.15. The van der Waals surface area contributed by atoms with Gasteiger partial charge in [0.25, 0.3) is 0 Å². The second-order valence-corrected chi connectivity index (χ2v) is 3.01. The van der Waals surface area contributed by atoms with Crippen LogP contribution in [0, 0.1) is 0 Å². The van der Waals surface area contributed by atoms with Crippen molar-refractivity contribution in [1.29, 1.82) is 0 Å². The number of aliphatic carboxylic acids is 1. The van der Waals surface area contributed by atoms with Crippen molar-refractivity contribution >= 4 is 12.4 Å². The molecule has 6 heteroatoms. The fourth-order valence-corrected chi connectivity index (χ4v) is 1.41. The number of carboxylic acid groups (broad SMARTS) is 1. The number of carboxylic acids is 1. The van der Waals surface area contributed by atoms with Crippen LogP contribution < -0.4 is 5.32 Å². The van der Waals surface area contributed by atoms with Crippen molar-refractivity contribution in [3.63, 3.8) is 0 Å². The summed E-state index contributed by atoms with van der Waals surface area (Å²) in [4.78, 5) is 21.0. The van der Waals surface area contributed by atoms with Crippen molar-refractivity contribution in [3.8, 4) is 0 Å². The molecule has 0 bridgehead atoms. The third kappa shape index (κ3) is 2.80. The molecule has 2 N–H and O–H groups in total. The van der Waals surface area contributed by atoms with Gasteiger partial charge in [0.05, 0.1) is 18.2 Å². The summed E-state index contributed by atoms with van der Waals surface area (Å²) in [6.45, 7) is 2.54. The number of carbonyl (C=O) groups is 2. The minimum absolute atomic E-state index is 0.148. The fraction of sp³-hybridized carbons (Fsp3) is 0.444. The van der Waals surface area contributed by atoms with Crippen molar-refractivity contribution in [2.24, 2.45) is 0 Å². The van der Waals surface area contributed by atoms with E-state index < -0.39 is 12.0 Å². The van der Waals surface area contributed by atoms with Crippen LogP contribution in [0.2, 0.25) is 0 Å². The second kappa shape index (κ2) is 5.14. The highest BCUT2D eigenvalue weighted by atomic mass is 16.4. The van der Waals surface area contributed by atoms with Gasteiger partial charge in [-0.25, -0.2) is 0 Å². The molecule has 0 saturated carbocycles. The standard InChI is InChI=1S/C9H13N3O3/c1-2-12-8(3-4-11-12)7(10-6-13)5-9(14)15/h3-4,6-7H,2,5H2,1H3,(H,10,13)(H,14,15)/t7-/m1/s1. The molecular weight excluding hydrogens is 198 g/mol. The predicted molar refractivity (Wildman–Crippen MR) is 52.1 cm³/mol. The number of aryl methyl sites for hydroxylation is 1. The van der Waals surface area contributed by atoms with Crippen LogP contribution in [0.5, 0.6) is 0 Å². The van der Waals surface area contributed by atoms with E-state index in [4.69, 9.17) is 5.11 Å². The first-order valence-corrected chi connectivity index (χ1v) is 4.62. The van der Waals surface area contributed by atoms with E-state index in [0.717, 1.165) is 0 Å². The second-order valence-electron chi connectivity index (χ2n) is 3.01. The van der Waals surface area contributed by atoms with E-state index in [1.165, 1.54) is 0 Å². The quantitative estimate of drug-likeness (QED) is 0.657. The molecule has 0 aliphatic rings. The van der Waals surface area contributed by atoms with Gasteiger partial charge < -0.3 is 10.4 Å². The van der Waals surface area contributed by atoms with Gasteiger partial charge in [0.15, 0.2) is 0 Å². The van der Waals surface area contributed by atoms with Crippen molar-refractivity contribution < 1.29 is 14.7 Å². The number of nitrogens with one attached hydrogen (secondary N) is 1. The van der Waals surface area contributed by atoms with Crippen molar-refractivity contribution in [3.05, 3.63) is 18.0 Å². The Hall–Kier alpha value is -1.85. The summed E-state index contributed by atoms with van der Waals surface area (Å²) in [5, 5.41) is 15.2. The third-order valence-electron chi connectivity index (χ3n) is 2.05. The number of nitrogens with zero attached hydrogens (tertiary/aromatic N) is 2. The molecule has 0 saturated heterocycles. The molecular formula is C9H13N3O3. The summed E-state index contributed by atoms with van der Waals surface area (Å²) in [5.41, 5.74) is 0.701. The van der Waals surface area contributed by atoms with E-state index in [9.17, 15) is 9.59 Å². The Bertz CT molecular complexity index is 348. The molecule has 6 nitrogen and oxygen atoms in total. The zero-order valence-corrected chi connectivity index (χ0v) is 8.38. The average Bonchev–Trinajstić information content (AvgIpc) is 2.64. The molecule has 0 fully saturated rings. The van der Waals surface area contributed by atoms with Gasteiger partial charge in [-0.3, -0.25) is 14.3 Å². The van der Waals surface area contributed by atoms with Crippen LogP contribution in [-0.4, -0.2) is 27.3 Å². The SMILES string of the molecule is CCn1nccc1[C@@H](CC(=O)O)NC=O. The monoisotopic (exact) mass is 211 g/mol. The molecule has 1 rings (SSSR count). The predicted octanol–water partition coefficient (Wildman–Crippen LogP) is 0.165. The lowest BCUT2D eigenvalue weighted by atomic mass is 10.1. The number of rotatable bonds is 6. The van der Waals surface area contributed by atoms with Gasteiger partial charge >= 0.3 is 5.97 Å². The lowest BCUT2D eigenvalue weighted by Crippen LogP contribution is -2.25. The molecule has 0 unspecified atom stereocenters. The number of hydrogen-bond donors (Lipinski definition) is 2. The van der Waals surface area contributed by atoms with Gasteiger partial charge in [0, 0.05) is 12.7 Å². The summed E-state index contributed by atoms with van der Waals surface area (Å²) in [5.74, 6) is -0.960. The van der Waals surface area contributed by atoms with E-state index in [1.54, 1.807) is 16.9 Å². The molecule has 1 aromatic heterocycles. The Morgan fingerprint density at radius 3 is 3.07 bits per heavy atom. The Labute approximate surface area is 86.9 Å². The Morgan fingerprint density at radius 1 is 1.80 bits per heavy atom. The maximum absolute atomic E-state index is 10.6. The first-order chi connectivity index (χ1) is 7.19. The fourth-order valence-electron chi connectivity index (χ4n) is 1.41. The number of aromatic nitrogens is 2. The smallest absolute Gasteiger partial charge is 0.305 e. The maximum Gasteiger partial charge on any atom is 0.305 e. The Morgan fingerprint density at radius 2 is 2.53 bits per heavy atom. The average molecular weight is 211 g/mol. The first kappa shape index (κ1) is 11.2. The molecule has 0 radical (unpaired) electrons. The topological polar surface area (TPSA) is 84.2 Å². The third-order valence-corrected chi connectivity index (χ3v) is 2.05. The van der Waals surface area contributed by atoms with Crippen LogP contribution in [0.15, 0.2) is 12.3 Å². The van der Waals surface area contributed by atoms with Crippen molar-refractivity contribution in [2.75, 3.05) is 0 Å². The molecule has 82 valence electrons. The van der Waals surface area contributed by atoms with Crippen LogP contribution in [0.1, 0.15) is 25.1 Å². The first-order valence-electron chi connectivity index (χ1n) is 4.62. The molecule has 0 spiro atoms. The normalized spacial score (nSPS) is 12.1. The Kier molecular flexibility index (Phi) is 3.84. The van der Waals surface area contributed by atoms with E-state index in [2.05, 4.69) is 10.4 Å². The summed E-state index contributed by atoms with van der Waals surface area (Å²) in [6.07, 6.45) is 1.94. The van der Waals surface area contributed by atoms with Crippen LogP contribution >= 0.6 is 0 Å². The minimum atomic E-state index is -0.960. The molecule has 0 aromatic carbocycles. The zero-order valence-electron chi connectivity index (χ0n) is 8.38. The lowest BCUT2D eigenvalue weighted by Gasteiger charge is -2.14. The minimum Gasteiger partial charge on any atom is -0.481 e. The molecule has 1 aromatic rings. The van der Waals surface area contributed by atoms with E-state index in [1.807, 2.05) is 6.92 Å².